The van der Waals surface area contributed by atoms with Crippen molar-refractivity contribution in [3.05, 3.63) is 52.0 Å². The van der Waals surface area contributed by atoms with Crippen molar-refractivity contribution in [2.24, 2.45) is 0 Å². The smallest absolute Gasteiger partial charge is 0.0642 e. The van der Waals surface area contributed by atoms with E-state index < -0.39 is 0 Å². The van der Waals surface area contributed by atoms with Crippen LogP contribution in [0.5, 0.6) is 0 Å². The van der Waals surface area contributed by atoms with E-state index in [9.17, 15) is 0 Å². The first kappa shape index (κ1) is 12.3. The lowest BCUT2D eigenvalue weighted by atomic mass is 10.2. The van der Waals surface area contributed by atoms with Gasteiger partial charge in [0.05, 0.1) is 11.4 Å². The molecule has 0 aromatic heterocycles. The average molecular weight is 312 g/mol. The molecule has 0 atom stereocenters. The van der Waals surface area contributed by atoms with E-state index >= 15 is 0 Å². The highest BCUT2D eigenvalue weighted by atomic mass is 79.9. The number of rotatable bonds is 2. The van der Waals surface area contributed by atoms with Crippen LogP contribution in [0.1, 0.15) is 0 Å². The minimum absolute atomic E-state index is 0.649. The van der Waals surface area contributed by atoms with Gasteiger partial charge in [-0.1, -0.05) is 27.5 Å². The Labute approximate surface area is 114 Å². The second kappa shape index (κ2) is 4.98. The zero-order valence-corrected chi connectivity index (χ0v) is 11.7. The van der Waals surface area contributed by atoms with Gasteiger partial charge in [0.2, 0.25) is 0 Å². The first-order valence-electron chi connectivity index (χ1n) is 5.12. The van der Waals surface area contributed by atoms with Crippen LogP contribution in [-0.4, -0.2) is 7.05 Å². The Bertz CT molecular complexity index is 525. The summed E-state index contributed by atoms with van der Waals surface area (Å²) in [6.07, 6.45) is 0. The number of nitrogen functional groups attached to an aromatic ring is 1. The van der Waals surface area contributed by atoms with E-state index in [-0.39, 0.29) is 0 Å². The van der Waals surface area contributed by atoms with Gasteiger partial charge in [0.25, 0.3) is 0 Å². The maximum atomic E-state index is 5.95. The lowest BCUT2D eigenvalue weighted by Gasteiger charge is -2.21. The summed E-state index contributed by atoms with van der Waals surface area (Å²) >= 11 is 9.30. The zero-order chi connectivity index (χ0) is 12.4. The topological polar surface area (TPSA) is 29.3 Å². The molecule has 0 amide bonds. The van der Waals surface area contributed by atoms with E-state index in [0.29, 0.717) is 10.7 Å². The van der Waals surface area contributed by atoms with Crippen molar-refractivity contribution < 1.29 is 0 Å². The largest absolute Gasteiger partial charge is 0.397 e. The second-order valence-corrected chi connectivity index (χ2v) is 5.09. The van der Waals surface area contributed by atoms with E-state index in [1.165, 1.54) is 0 Å². The number of benzene rings is 2. The highest BCUT2D eigenvalue weighted by Gasteiger charge is 2.07. The van der Waals surface area contributed by atoms with Crippen molar-refractivity contribution in [1.82, 2.24) is 0 Å². The Morgan fingerprint density at radius 2 is 1.76 bits per heavy atom. The quantitative estimate of drug-likeness (QED) is 0.830. The van der Waals surface area contributed by atoms with Crippen molar-refractivity contribution in [3.63, 3.8) is 0 Å². The van der Waals surface area contributed by atoms with Gasteiger partial charge in [-0.2, -0.15) is 0 Å². The number of halogens is 2. The predicted molar refractivity (Wildman–Crippen MR) is 78.1 cm³/mol. The molecular weight excluding hydrogens is 300 g/mol. The maximum Gasteiger partial charge on any atom is 0.0642 e. The van der Waals surface area contributed by atoms with Crippen molar-refractivity contribution in [2.75, 3.05) is 17.7 Å². The molecule has 0 spiro atoms. The van der Waals surface area contributed by atoms with Gasteiger partial charge in [0.15, 0.2) is 0 Å². The first-order valence-corrected chi connectivity index (χ1v) is 6.29. The van der Waals surface area contributed by atoms with E-state index in [1.807, 2.05) is 48.3 Å². The van der Waals surface area contributed by atoms with Gasteiger partial charge in [-0.15, -0.1) is 0 Å². The molecule has 0 fully saturated rings. The van der Waals surface area contributed by atoms with Gasteiger partial charge in [-0.25, -0.2) is 0 Å². The summed E-state index contributed by atoms with van der Waals surface area (Å²) in [6.45, 7) is 0. The van der Waals surface area contributed by atoms with Crippen LogP contribution in [0.3, 0.4) is 0 Å². The third-order valence-electron chi connectivity index (χ3n) is 2.56. The van der Waals surface area contributed by atoms with Crippen molar-refractivity contribution in [3.8, 4) is 0 Å². The lowest BCUT2D eigenvalue weighted by Crippen LogP contribution is -2.11. The van der Waals surface area contributed by atoms with Gasteiger partial charge < -0.3 is 10.6 Å². The average Bonchev–Trinajstić information content (AvgIpc) is 2.29. The van der Waals surface area contributed by atoms with Crippen LogP contribution in [0.25, 0.3) is 0 Å². The van der Waals surface area contributed by atoms with Gasteiger partial charge >= 0.3 is 0 Å². The number of nitrogens with zero attached hydrogens (tertiary/aromatic N) is 1. The third-order valence-corrected chi connectivity index (χ3v) is 3.33. The molecule has 0 saturated carbocycles. The minimum Gasteiger partial charge on any atom is -0.397 e. The highest BCUT2D eigenvalue weighted by Crippen LogP contribution is 2.31. The Morgan fingerprint density at radius 3 is 2.35 bits per heavy atom. The number of hydrogen-bond acceptors (Lipinski definition) is 2. The second-order valence-electron chi connectivity index (χ2n) is 3.74. The SMILES string of the molecule is CN(c1ccc(Br)cc1)c1ccc(Cl)cc1N. The molecule has 0 saturated heterocycles. The molecule has 88 valence electrons. The summed E-state index contributed by atoms with van der Waals surface area (Å²) in [4.78, 5) is 2.03. The van der Waals surface area contributed by atoms with E-state index in [1.54, 1.807) is 6.07 Å². The molecule has 0 aliphatic heterocycles. The summed E-state index contributed by atoms with van der Waals surface area (Å²) < 4.78 is 1.05. The lowest BCUT2D eigenvalue weighted by molar-refractivity contribution is 1.21. The molecule has 2 rings (SSSR count). The molecule has 2 aromatic rings. The molecule has 2 aromatic carbocycles. The van der Waals surface area contributed by atoms with Crippen LogP contribution in [0.15, 0.2) is 46.9 Å². The molecule has 0 bridgehead atoms. The van der Waals surface area contributed by atoms with Crippen molar-refractivity contribution >= 4 is 44.6 Å². The third kappa shape index (κ3) is 2.73. The standard InChI is InChI=1S/C13H12BrClN2/c1-17(11-5-2-9(14)3-6-11)13-7-4-10(15)8-12(13)16/h2-8H,16H2,1H3. The summed E-state index contributed by atoms with van der Waals surface area (Å²) in [5.41, 5.74) is 8.64. The monoisotopic (exact) mass is 310 g/mol. The van der Waals surface area contributed by atoms with E-state index in [4.69, 9.17) is 17.3 Å². The minimum atomic E-state index is 0.649. The number of nitrogens with two attached hydrogens (primary N) is 1. The predicted octanol–water partition coefficient (Wildman–Crippen LogP) is 4.45. The van der Waals surface area contributed by atoms with Crippen LogP contribution < -0.4 is 10.6 Å². The fraction of sp³-hybridized carbons (Fsp3) is 0.0769. The normalized spacial score (nSPS) is 10.3. The van der Waals surface area contributed by atoms with Crippen LogP contribution in [-0.2, 0) is 0 Å². The molecule has 2 N–H and O–H groups in total. The Morgan fingerprint density at radius 1 is 1.12 bits per heavy atom. The molecule has 2 nitrogen and oxygen atoms in total. The number of hydrogen-bond donors (Lipinski definition) is 1. The van der Waals surface area contributed by atoms with Crippen LogP contribution >= 0.6 is 27.5 Å². The van der Waals surface area contributed by atoms with Crippen LogP contribution in [0.4, 0.5) is 17.1 Å². The maximum absolute atomic E-state index is 5.95. The van der Waals surface area contributed by atoms with Crippen LogP contribution in [0.2, 0.25) is 5.02 Å². The molecular formula is C13H12BrClN2. The summed E-state index contributed by atoms with van der Waals surface area (Å²) in [7, 11) is 1.98. The Kier molecular flexibility index (Phi) is 3.60. The van der Waals surface area contributed by atoms with Gasteiger partial charge in [-0.3, -0.25) is 0 Å². The summed E-state index contributed by atoms with van der Waals surface area (Å²) in [5.74, 6) is 0. The Balaban J connectivity index is 2.36. The van der Waals surface area contributed by atoms with Crippen molar-refractivity contribution in [1.29, 1.82) is 0 Å². The van der Waals surface area contributed by atoms with Gasteiger partial charge in [-0.05, 0) is 42.5 Å². The first-order chi connectivity index (χ1) is 8.08. The van der Waals surface area contributed by atoms with E-state index in [2.05, 4.69) is 15.9 Å². The molecule has 0 aliphatic carbocycles. The molecule has 0 heterocycles. The van der Waals surface area contributed by atoms with Crippen LogP contribution in [0, 0.1) is 0 Å². The fourth-order valence-corrected chi connectivity index (χ4v) is 2.08. The van der Waals surface area contributed by atoms with Crippen molar-refractivity contribution in [2.45, 2.75) is 0 Å². The highest BCUT2D eigenvalue weighted by molar-refractivity contribution is 9.10. The van der Waals surface area contributed by atoms with Gasteiger partial charge in [0.1, 0.15) is 0 Å². The molecule has 4 heteroatoms. The van der Waals surface area contributed by atoms with E-state index in [0.717, 1.165) is 15.8 Å². The Hall–Kier alpha value is -1.19. The molecule has 17 heavy (non-hydrogen) atoms. The molecule has 0 unspecified atom stereocenters. The zero-order valence-electron chi connectivity index (χ0n) is 9.32. The summed E-state index contributed by atoms with van der Waals surface area (Å²) in [6, 6.07) is 13.6. The molecule has 0 aliphatic rings. The fourth-order valence-electron chi connectivity index (χ4n) is 1.63. The molecule has 0 radical (unpaired) electrons. The summed E-state index contributed by atoms with van der Waals surface area (Å²) in [5, 5.41) is 0.649. The van der Waals surface area contributed by atoms with Gasteiger partial charge in [0, 0.05) is 22.2 Å². The number of anilines is 3.